The van der Waals surface area contributed by atoms with Crippen LogP contribution in [-0.4, -0.2) is 58.2 Å². The first-order valence-electron chi connectivity index (χ1n) is 6.62. The van der Waals surface area contributed by atoms with E-state index in [1.807, 2.05) is 20.8 Å². The third kappa shape index (κ3) is 5.18. The van der Waals surface area contributed by atoms with E-state index < -0.39 is 30.6 Å². The molecule has 120 valence electrons. The Bertz CT molecular complexity index is 425. The normalized spacial score (nSPS) is 20.2. The number of alkyl halides is 1. The molecule has 0 spiro atoms. The lowest BCUT2D eigenvalue weighted by molar-refractivity contribution is -0.144. The maximum atomic E-state index is 12.6. The lowest BCUT2D eigenvalue weighted by Gasteiger charge is -2.27. The summed E-state index contributed by atoms with van der Waals surface area (Å²) in [5, 5.41) is 10.9. The van der Waals surface area contributed by atoms with Gasteiger partial charge in [0.2, 0.25) is 11.8 Å². The second-order valence-corrected chi connectivity index (χ2v) is 7.17. The number of amides is 2. The van der Waals surface area contributed by atoms with E-state index in [0.717, 1.165) is 0 Å². The van der Waals surface area contributed by atoms with Crippen molar-refractivity contribution < 1.29 is 23.9 Å². The highest BCUT2D eigenvalue weighted by molar-refractivity contribution is 7.99. The van der Waals surface area contributed by atoms with Gasteiger partial charge in [0.1, 0.15) is 12.7 Å². The molecule has 0 saturated carbocycles. The van der Waals surface area contributed by atoms with E-state index >= 15 is 0 Å². The van der Waals surface area contributed by atoms with Crippen LogP contribution in [0.1, 0.15) is 27.2 Å². The van der Waals surface area contributed by atoms with E-state index in [9.17, 15) is 18.8 Å². The molecule has 6 nitrogen and oxygen atoms in total. The van der Waals surface area contributed by atoms with Crippen molar-refractivity contribution >= 4 is 29.5 Å². The Hall–Kier alpha value is -1.31. The van der Waals surface area contributed by atoms with Gasteiger partial charge in [-0.3, -0.25) is 9.59 Å². The number of carbonyl (C=O) groups is 3. The van der Waals surface area contributed by atoms with Gasteiger partial charge in [0, 0.05) is 12.2 Å². The molecule has 0 aromatic carbocycles. The zero-order valence-electron chi connectivity index (χ0n) is 12.4. The molecule has 1 aliphatic rings. The minimum atomic E-state index is -1.57. The Labute approximate surface area is 127 Å². The van der Waals surface area contributed by atoms with Crippen molar-refractivity contribution in [3.05, 3.63) is 0 Å². The summed E-state index contributed by atoms with van der Waals surface area (Å²) >= 11 is 1.42. The fourth-order valence-electron chi connectivity index (χ4n) is 1.90. The topological polar surface area (TPSA) is 86.7 Å². The lowest BCUT2D eigenvalue weighted by Crippen LogP contribution is -2.52. The molecule has 2 atom stereocenters. The third-order valence-corrected chi connectivity index (χ3v) is 3.97. The first-order valence-corrected chi connectivity index (χ1v) is 7.77. The SMILES string of the molecule is CC(C)(C)CC(=O)N1CSCC1C(=O)NC(CF)C(=O)O. The van der Waals surface area contributed by atoms with Gasteiger partial charge >= 0.3 is 5.97 Å². The highest BCUT2D eigenvalue weighted by Gasteiger charge is 2.37. The van der Waals surface area contributed by atoms with Crippen molar-refractivity contribution in [2.45, 2.75) is 39.3 Å². The van der Waals surface area contributed by atoms with E-state index in [1.54, 1.807) is 0 Å². The summed E-state index contributed by atoms with van der Waals surface area (Å²) in [6.07, 6.45) is 0.294. The average molecular weight is 320 g/mol. The Balaban J connectivity index is 2.70. The van der Waals surface area contributed by atoms with Crippen molar-refractivity contribution in [1.29, 1.82) is 0 Å². The first kappa shape index (κ1) is 17.7. The van der Waals surface area contributed by atoms with Gasteiger partial charge in [0.15, 0.2) is 6.04 Å². The minimum Gasteiger partial charge on any atom is -0.480 e. The van der Waals surface area contributed by atoms with Crippen molar-refractivity contribution in [3.63, 3.8) is 0 Å². The number of hydrogen-bond donors (Lipinski definition) is 2. The monoisotopic (exact) mass is 320 g/mol. The van der Waals surface area contributed by atoms with Gasteiger partial charge in [-0.2, -0.15) is 0 Å². The van der Waals surface area contributed by atoms with Crippen LogP contribution in [0, 0.1) is 5.41 Å². The molecule has 0 aromatic rings. The molecule has 0 bridgehead atoms. The zero-order chi connectivity index (χ0) is 16.2. The number of aliphatic carboxylic acids is 1. The van der Waals surface area contributed by atoms with Crippen LogP contribution in [0.3, 0.4) is 0 Å². The first-order chi connectivity index (χ1) is 9.65. The molecule has 1 heterocycles. The Kier molecular flexibility index (Phi) is 6.00. The molecule has 1 saturated heterocycles. The smallest absolute Gasteiger partial charge is 0.328 e. The lowest BCUT2D eigenvalue weighted by atomic mass is 9.91. The summed E-state index contributed by atoms with van der Waals surface area (Å²) in [5.74, 6) is -1.42. The van der Waals surface area contributed by atoms with Crippen LogP contribution < -0.4 is 5.32 Å². The number of carboxylic acids is 1. The van der Waals surface area contributed by atoms with Gasteiger partial charge in [0.05, 0.1) is 5.88 Å². The van der Waals surface area contributed by atoms with Gasteiger partial charge in [-0.15, -0.1) is 11.8 Å². The molecule has 21 heavy (non-hydrogen) atoms. The molecule has 2 unspecified atom stereocenters. The van der Waals surface area contributed by atoms with E-state index in [-0.39, 0.29) is 11.3 Å². The highest BCUT2D eigenvalue weighted by atomic mass is 32.2. The molecular weight excluding hydrogens is 299 g/mol. The summed E-state index contributed by atoms with van der Waals surface area (Å²) in [5.41, 5.74) is -0.200. The molecule has 2 N–H and O–H groups in total. The van der Waals surface area contributed by atoms with E-state index in [4.69, 9.17) is 5.11 Å². The molecule has 2 amide bonds. The number of nitrogens with one attached hydrogen (secondary N) is 1. The Morgan fingerprint density at radius 2 is 2.05 bits per heavy atom. The summed E-state index contributed by atoms with van der Waals surface area (Å²) in [7, 11) is 0. The van der Waals surface area contributed by atoms with Crippen molar-refractivity contribution in [2.75, 3.05) is 18.3 Å². The van der Waals surface area contributed by atoms with Gasteiger partial charge in [0.25, 0.3) is 0 Å². The van der Waals surface area contributed by atoms with Gasteiger partial charge < -0.3 is 15.3 Å². The number of carboxylic acid groups (broad SMARTS) is 1. The fourth-order valence-corrected chi connectivity index (χ4v) is 3.08. The number of nitrogens with zero attached hydrogens (tertiary/aromatic N) is 1. The summed E-state index contributed by atoms with van der Waals surface area (Å²) in [6, 6.07) is -2.30. The maximum absolute atomic E-state index is 12.6. The molecular formula is C13H21FN2O4S. The standard InChI is InChI=1S/C13H21FN2O4S/c1-13(2,3)4-10(17)16-7-21-6-9(16)11(18)15-8(5-14)12(19)20/h8-9H,4-7H2,1-3H3,(H,15,18)(H,19,20). The molecule has 1 rings (SSSR count). The number of thioether (sulfide) groups is 1. The molecule has 0 aliphatic carbocycles. The fraction of sp³-hybridized carbons (Fsp3) is 0.769. The molecule has 1 aliphatic heterocycles. The predicted molar refractivity (Wildman–Crippen MR) is 77.6 cm³/mol. The Morgan fingerprint density at radius 3 is 2.52 bits per heavy atom. The average Bonchev–Trinajstić information content (AvgIpc) is 2.82. The molecule has 0 aromatic heterocycles. The maximum Gasteiger partial charge on any atom is 0.328 e. The van der Waals surface area contributed by atoms with Crippen molar-refractivity contribution in [1.82, 2.24) is 10.2 Å². The highest BCUT2D eigenvalue weighted by Crippen LogP contribution is 2.26. The second kappa shape index (κ2) is 7.11. The third-order valence-electron chi connectivity index (χ3n) is 2.96. The Morgan fingerprint density at radius 1 is 1.43 bits per heavy atom. The van der Waals surface area contributed by atoms with E-state index in [2.05, 4.69) is 5.32 Å². The van der Waals surface area contributed by atoms with Crippen molar-refractivity contribution in [3.8, 4) is 0 Å². The van der Waals surface area contributed by atoms with Crippen molar-refractivity contribution in [2.24, 2.45) is 5.41 Å². The van der Waals surface area contributed by atoms with Crippen LogP contribution in [0.2, 0.25) is 0 Å². The number of carbonyl (C=O) groups excluding carboxylic acids is 2. The van der Waals surface area contributed by atoms with Gasteiger partial charge in [-0.25, -0.2) is 9.18 Å². The van der Waals surface area contributed by atoms with Crippen LogP contribution in [0.25, 0.3) is 0 Å². The minimum absolute atomic E-state index is 0.153. The van der Waals surface area contributed by atoms with Gasteiger partial charge in [-0.1, -0.05) is 20.8 Å². The predicted octanol–water partition coefficient (Wildman–Crippen LogP) is 0.863. The quantitative estimate of drug-likeness (QED) is 0.785. The van der Waals surface area contributed by atoms with E-state index in [0.29, 0.717) is 18.1 Å². The second-order valence-electron chi connectivity index (χ2n) is 6.17. The summed E-state index contributed by atoms with van der Waals surface area (Å²) in [6.45, 7) is 4.59. The van der Waals surface area contributed by atoms with Crippen LogP contribution in [0.15, 0.2) is 0 Å². The summed E-state index contributed by atoms with van der Waals surface area (Å²) < 4.78 is 12.6. The zero-order valence-corrected chi connectivity index (χ0v) is 13.2. The van der Waals surface area contributed by atoms with Gasteiger partial charge in [-0.05, 0) is 5.41 Å². The number of rotatable bonds is 5. The van der Waals surface area contributed by atoms with Crippen LogP contribution in [-0.2, 0) is 14.4 Å². The molecule has 8 heteroatoms. The van der Waals surface area contributed by atoms with E-state index in [1.165, 1.54) is 16.7 Å². The molecule has 1 fully saturated rings. The van der Waals surface area contributed by atoms with Crippen LogP contribution in [0.4, 0.5) is 4.39 Å². The number of hydrogen-bond acceptors (Lipinski definition) is 4. The number of halogens is 1. The molecule has 0 radical (unpaired) electrons. The largest absolute Gasteiger partial charge is 0.480 e. The summed E-state index contributed by atoms with van der Waals surface area (Å²) in [4.78, 5) is 36.4. The van der Waals surface area contributed by atoms with Crippen LogP contribution in [0.5, 0.6) is 0 Å². The van der Waals surface area contributed by atoms with Crippen LogP contribution >= 0.6 is 11.8 Å².